The predicted molar refractivity (Wildman–Crippen MR) is 66.3 cm³/mol. The fraction of sp³-hybridized carbons (Fsp3) is 0.462. The van der Waals surface area contributed by atoms with Gasteiger partial charge in [0.15, 0.2) is 0 Å². The molecule has 86 valence electrons. The number of thioether (sulfide) groups is 1. The summed E-state index contributed by atoms with van der Waals surface area (Å²) in [6.45, 7) is 3.82. The zero-order chi connectivity index (χ0) is 11.4. The Balaban J connectivity index is 2.05. The van der Waals surface area contributed by atoms with E-state index >= 15 is 0 Å². The van der Waals surface area contributed by atoms with Gasteiger partial charge in [-0.3, -0.25) is 4.79 Å². The molecular formula is C13H16O2S. The lowest BCUT2D eigenvalue weighted by molar-refractivity contribution is 0.1000. The summed E-state index contributed by atoms with van der Waals surface area (Å²) in [5, 5.41) is 0.662. The third kappa shape index (κ3) is 2.86. The second kappa shape index (κ2) is 5.51. The molecule has 0 spiro atoms. The summed E-state index contributed by atoms with van der Waals surface area (Å²) in [4.78, 5) is 11.9. The van der Waals surface area contributed by atoms with Crippen LogP contribution in [0.25, 0.3) is 0 Å². The van der Waals surface area contributed by atoms with Crippen LogP contribution >= 0.6 is 11.8 Å². The SMILES string of the molecule is Cc1cc(C=O)ccc1SC1CCOCC1. The first-order valence-electron chi connectivity index (χ1n) is 5.60. The molecule has 1 saturated heterocycles. The second-order valence-corrected chi connectivity index (χ2v) is 5.41. The quantitative estimate of drug-likeness (QED) is 0.754. The Bertz CT molecular complexity index is 370. The summed E-state index contributed by atoms with van der Waals surface area (Å²) < 4.78 is 5.34. The minimum absolute atomic E-state index is 0.662. The first kappa shape index (κ1) is 11.7. The van der Waals surface area contributed by atoms with E-state index in [4.69, 9.17) is 4.74 Å². The van der Waals surface area contributed by atoms with Crippen molar-refractivity contribution >= 4 is 18.0 Å². The molecule has 0 aromatic heterocycles. The Morgan fingerprint density at radius 3 is 2.75 bits per heavy atom. The van der Waals surface area contributed by atoms with Crippen LogP contribution in [0.2, 0.25) is 0 Å². The molecule has 1 aromatic carbocycles. The maximum atomic E-state index is 10.6. The summed E-state index contributed by atoms with van der Waals surface area (Å²) in [7, 11) is 0. The number of carbonyl (C=O) groups is 1. The van der Waals surface area contributed by atoms with Crippen molar-refractivity contribution in [2.45, 2.75) is 29.9 Å². The molecule has 1 aliphatic heterocycles. The van der Waals surface area contributed by atoms with Crippen molar-refractivity contribution < 1.29 is 9.53 Å². The molecule has 0 atom stereocenters. The Morgan fingerprint density at radius 1 is 1.38 bits per heavy atom. The summed E-state index contributed by atoms with van der Waals surface area (Å²) in [5.41, 5.74) is 1.95. The van der Waals surface area contributed by atoms with Gasteiger partial charge >= 0.3 is 0 Å². The number of hydrogen-bond acceptors (Lipinski definition) is 3. The van der Waals surface area contributed by atoms with Crippen LogP contribution in [0.3, 0.4) is 0 Å². The number of ether oxygens (including phenoxy) is 1. The van der Waals surface area contributed by atoms with Crippen molar-refractivity contribution in [3.8, 4) is 0 Å². The van der Waals surface area contributed by atoms with Crippen LogP contribution in [0.15, 0.2) is 23.1 Å². The molecular weight excluding hydrogens is 220 g/mol. The maximum absolute atomic E-state index is 10.6. The van der Waals surface area contributed by atoms with E-state index < -0.39 is 0 Å². The number of benzene rings is 1. The highest BCUT2D eigenvalue weighted by Gasteiger charge is 2.15. The van der Waals surface area contributed by atoms with E-state index in [0.717, 1.165) is 37.9 Å². The van der Waals surface area contributed by atoms with Crippen molar-refractivity contribution in [2.24, 2.45) is 0 Å². The fourth-order valence-electron chi connectivity index (χ4n) is 1.85. The van der Waals surface area contributed by atoms with Gasteiger partial charge in [0.25, 0.3) is 0 Å². The third-order valence-electron chi connectivity index (χ3n) is 2.80. The average Bonchev–Trinajstić information content (AvgIpc) is 2.33. The molecule has 0 aliphatic carbocycles. The lowest BCUT2D eigenvalue weighted by Gasteiger charge is -2.22. The van der Waals surface area contributed by atoms with Crippen LogP contribution in [0.1, 0.15) is 28.8 Å². The zero-order valence-electron chi connectivity index (χ0n) is 9.44. The molecule has 0 N–H and O–H groups in total. The minimum Gasteiger partial charge on any atom is -0.381 e. The van der Waals surface area contributed by atoms with Crippen molar-refractivity contribution in [1.82, 2.24) is 0 Å². The summed E-state index contributed by atoms with van der Waals surface area (Å²) >= 11 is 1.91. The molecule has 2 rings (SSSR count). The first-order chi connectivity index (χ1) is 7.79. The lowest BCUT2D eigenvalue weighted by atomic mass is 10.1. The number of rotatable bonds is 3. The normalized spacial score (nSPS) is 17.3. The maximum Gasteiger partial charge on any atom is 0.150 e. The molecule has 1 aliphatic rings. The van der Waals surface area contributed by atoms with E-state index in [9.17, 15) is 4.79 Å². The van der Waals surface area contributed by atoms with Gasteiger partial charge in [-0.2, -0.15) is 0 Å². The van der Waals surface area contributed by atoms with E-state index in [1.807, 2.05) is 23.9 Å². The molecule has 1 fully saturated rings. The number of carbonyl (C=O) groups excluding carboxylic acids is 1. The van der Waals surface area contributed by atoms with Gasteiger partial charge < -0.3 is 4.74 Å². The third-order valence-corrected chi connectivity index (χ3v) is 4.31. The molecule has 0 bridgehead atoms. The standard InChI is InChI=1S/C13H16O2S/c1-10-8-11(9-14)2-3-13(10)16-12-4-6-15-7-5-12/h2-3,8-9,12H,4-7H2,1H3. The lowest BCUT2D eigenvalue weighted by Crippen LogP contribution is -2.17. The van der Waals surface area contributed by atoms with E-state index in [0.29, 0.717) is 5.25 Å². The van der Waals surface area contributed by atoms with Gasteiger partial charge in [-0.05, 0) is 37.5 Å². The molecule has 1 heterocycles. The molecule has 1 aromatic rings. The van der Waals surface area contributed by atoms with Gasteiger partial charge in [0, 0.05) is 28.9 Å². The fourth-order valence-corrected chi connectivity index (χ4v) is 3.03. The number of hydrogen-bond donors (Lipinski definition) is 0. The summed E-state index contributed by atoms with van der Waals surface area (Å²) in [6, 6.07) is 5.90. The number of aryl methyl sites for hydroxylation is 1. The van der Waals surface area contributed by atoms with Gasteiger partial charge in [0.2, 0.25) is 0 Å². The van der Waals surface area contributed by atoms with Crippen LogP contribution < -0.4 is 0 Å². The van der Waals surface area contributed by atoms with Gasteiger partial charge in [-0.1, -0.05) is 6.07 Å². The molecule has 2 nitrogen and oxygen atoms in total. The van der Waals surface area contributed by atoms with Gasteiger partial charge in [-0.25, -0.2) is 0 Å². The van der Waals surface area contributed by atoms with Crippen LogP contribution in [0.4, 0.5) is 0 Å². The molecule has 3 heteroatoms. The number of aldehydes is 1. The monoisotopic (exact) mass is 236 g/mol. The van der Waals surface area contributed by atoms with Crippen LogP contribution in [0.5, 0.6) is 0 Å². The van der Waals surface area contributed by atoms with Crippen molar-refractivity contribution in [3.05, 3.63) is 29.3 Å². The minimum atomic E-state index is 0.662. The molecule has 0 saturated carbocycles. The topological polar surface area (TPSA) is 26.3 Å². The van der Waals surface area contributed by atoms with Crippen molar-refractivity contribution in [1.29, 1.82) is 0 Å². The molecule has 16 heavy (non-hydrogen) atoms. The molecule has 0 unspecified atom stereocenters. The highest BCUT2D eigenvalue weighted by atomic mass is 32.2. The van der Waals surface area contributed by atoms with Gasteiger partial charge in [-0.15, -0.1) is 11.8 Å². The molecule has 0 amide bonds. The smallest absolute Gasteiger partial charge is 0.150 e. The zero-order valence-corrected chi connectivity index (χ0v) is 10.3. The van der Waals surface area contributed by atoms with E-state index in [-0.39, 0.29) is 0 Å². The predicted octanol–water partition coefficient (Wildman–Crippen LogP) is 3.08. The second-order valence-electron chi connectivity index (χ2n) is 4.07. The van der Waals surface area contributed by atoms with E-state index in [1.165, 1.54) is 10.5 Å². The van der Waals surface area contributed by atoms with Crippen LogP contribution in [-0.4, -0.2) is 24.7 Å². The Labute approximate surface area is 100 Å². The van der Waals surface area contributed by atoms with Crippen molar-refractivity contribution in [3.63, 3.8) is 0 Å². The first-order valence-corrected chi connectivity index (χ1v) is 6.48. The summed E-state index contributed by atoms with van der Waals surface area (Å²) in [5.74, 6) is 0. The van der Waals surface area contributed by atoms with Crippen LogP contribution in [0, 0.1) is 6.92 Å². The average molecular weight is 236 g/mol. The summed E-state index contributed by atoms with van der Waals surface area (Å²) in [6.07, 6.45) is 3.15. The highest BCUT2D eigenvalue weighted by molar-refractivity contribution is 8.00. The van der Waals surface area contributed by atoms with Crippen LogP contribution in [-0.2, 0) is 4.74 Å². The van der Waals surface area contributed by atoms with Gasteiger partial charge in [0.1, 0.15) is 6.29 Å². The Kier molecular flexibility index (Phi) is 4.02. The van der Waals surface area contributed by atoms with E-state index in [2.05, 4.69) is 13.0 Å². The molecule has 0 radical (unpaired) electrons. The highest BCUT2D eigenvalue weighted by Crippen LogP contribution is 2.31. The van der Waals surface area contributed by atoms with Gasteiger partial charge in [0.05, 0.1) is 0 Å². The Morgan fingerprint density at radius 2 is 2.12 bits per heavy atom. The Hall–Kier alpha value is -0.800. The largest absolute Gasteiger partial charge is 0.381 e. The van der Waals surface area contributed by atoms with Crippen molar-refractivity contribution in [2.75, 3.05) is 13.2 Å². The van der Waals surface area contributed by atoms with E-state index in [1.54, 1.807) is 0 Å².